The number of furan rings is 1. The lowest BCUT2D eigenvalue weighted by Gasteiger charge is -2.17. The number of rotatable bonds is 3. The van der Waals surface area contributed by atoms with Crippen LogP contribution in [0.15, 0.2) is 150 Å². The maximum atomic E-state index is 9.48. The molecule has 0 bridgehead atoms. The Bertz CT molecular complexity index is 2680. The molecule has 0 radical (unpaired) electrons. The van der Waals surface area contributed by atoms with Crippen molar-refractivity contribution >= 4 is 43.5 Å². The minimum absolute atomic E-state index is 0.0760. The molecule has 7 aromatic carbocycles. The van der Waals surface area contributed by atoms with Crippen LogP contribution >= 0.6 is 0 Å². The Morgan fingerprint density at radius 1 is 0.385 bits per heavy atom. The Labute approximate surface area is 242 Å². The van der Waals surface area contributed by atoms with E-state index in [1.165, 1.54) is 0 Å². The van der Waals surface area contributed by atoms with Crippen molar-refractivity contribution in [2.45, 2.75) is 0 Å². The van der Waals surface area contributed by atoms with E-state index in [0.29, 0.717) is 5.56 Å². The lowest BCUT2D eigenvalue weighted by atomic mass is 9.86. The van der Waals surface area contributed by atoms with Crippen molar-refractivity contribution in [3.8, 4) is 33.4 Å². The summed E-state index contributed by atoms with van der Waals surface area (Å²) in [4.78, 5) is 0. The second-order valence-electron chi connectivity index (χ2n) is 9.22. The highest BCUT2D eigenvalue weighted by atomic mass is 16.3. The Kier molecular flexibility index (Phi) is 3.04. The monoisotopic (exact) mass is 507 g/mol. The van der Waals surface area contributed by atoms with E-state index in [1.807, 2.05) is 78.9 Å². The predicted octanol–water partition coefficient (Wildman–Crippen LogP) is 10.9. The third-order valence-corrected chi connectivity index (χ3v) is 7.00. The predicted molar refractivity (Wildman–Crippen MR) is 165 cm³/mol. The number of benzene rings is 7. The first kappa shape index (κ1) is 13.6. The second kappa shape index (κ2) is 8.72. The van der Waals surface area contributed by atoms with Crippen LogP contribution in [0.2, 0.25) is 0 Å². The highest BCUT2D eigenvalue weighted by Crippen LogP contribution is 2.44. The largest absolute Gasteiger partial charge is 0.456 e. The van der Waals surface area contributed by atoms with Crippen molar-refractivity contribution in [3.63, 3.8) is 0 Å². The zero-order valence-corrected chi connectivity index (χ0v) is 20.4. The Balaban J connectivity index is 1.51. The Morgan fingerprint density at radius 3 is 1.46 bits per heavy atom. The highest BCUT2D eigenvalue weighted by molar-refractivity contribution is 6.22. The van der Waals surface area contributed by atoms with Gasteiger partial charge in [0.25, 0.3) is 0 Å². The molecule has 0 amide bonds. The second-order valence-corrected chi connectivity index (χ2v) is 9.22. The van der Waals surface area contributed by atoms with Crippen LogP contribution in [0.1, 0.15) is 15.1 Å². The van der Waals surface area contributed by atoms with Gasteiger partial charge in [-0.1, -0.05) is 121 Å². The highest BCUT2D eigenvalue weighted by Gasteiger charge is 2.17. The summed E-state index contributed by atoms with van der Waals surface area (Å²) < 4.78 is 102. The zero-order chi connectivity index (χ0) is 35.3. The van der Waals surface area contributed by atoms with E-state index in [9.17, 15) is 4.11 Å². The van der Waals surface area contributed by atoms with Crippen LogP contribution in [0.5, 0.6) is 0 Å². The van der Waals surface area contributed by atoms with Crippen LogP contribution in [-0.4, -0.2) is 0 Å². The van der Waals surface area contributed by atoms with Gasteiger partial charge in [-0.3, -0.25) is 0 Å². The van der Waals surface area contributed by atoms with Gasteiger partial charge in [0, 0.05) is 10.8 Å². The zero-order valence-electron chi connectivity index (χ0n) is 31.4. The van der Waals surface area contributed by atoms with Gasteiger partial charge in [-0.2, -0.15) is 0 Å². The van der Waals surface area contributed by atoms with E-state index in [1.54, 1.807) is 0 Å². The van der Waals surface area contributed by atoms with Crippen LogP contribution in [0.3, 0.4) is 0 Å². The lowest BCUT2D eigenvalue weighted by molar-refractivity contribution is 0.669. The third-order valence-electron chi connectivity index (χ3n) is 7.00. The molecule has 182 valence electrons. The Morgan fingerprint density at radius 2 is 0.872 bits per heavy atom. The minimum Gasteiger partial charge on any atom is -0.456 e. The summed E-state index contributed by atoms with van der Waals surface area (Å²) in [6.07, 6.45) is 0. The molecule has 0 saturated heterocycles. The van der Waals surface area contributed by atoms with Gasteiger partial charge in [-0.15, -0.1) is 0 Å². The first-order chi connectivity index (χ1) is 24.0. The number of hydrogen-bond acceptors (Lipinski definition) is 1. The standard InChI is InChI=1S/C38H24O/c1-3-11-25(12-4-1)27-19-21-29-30-22-20-28(24-36(30)39-35(29)23-27)38-33-17-9-7-15-31(33)37(26-13-5-2-6-14-26)32-16-8-10-18-34(32)38/h1-24H/i1D,3D,4D,11D,12D,19D,20D,21D,22D,23D,24D. The van der Waals surface area contributed by atoms with E-state index in [2.05, 4.69) is 0 Å². The summed E-state index contributed by atoms with van der Waals surface area (Å²) in [7, 11) is 0. The van der Waals surface area contributed by atoms with Crippen molar-refractivity contribution in [1.82, 2.24) is 0 Å². The fraction of sp³-hybridized carbons (Fsp3) is 0. The molecule has 0 N–H and O–H groups in total. The van der Waals surface area contributed by atoms with Gasteiger partial charge in [0.1, 0.15) is 11.2 Å². The van der Waals surface area contributed by atoms with Gasteiger partial charge in [-0.05, 0) is 79.1 Å². The third kappa shape index (κ3) is 3.48. The summed E-state index contributed by atoms with van der Waals surface area (Å²) in [5.74, 6) is 0. The topological polar surface area (TPSA) is 13.1 Å². The molecule has 0 unspecified atom stereocenters. The van der Waals surface area contributed by atoms with Crippen LogP contribution in [0.4, 0.5) is 0 Å². The van der Waals surface area contributed by atoms with Crippen LogP contribution < -0.4 is 0 Å². The fourth-order valence-electron chi connectivity index (χ4n) is 5.32. The molecular weight excluding hydrogens is 472 g/mol. The molecule has 0 spiro atoms. The molecule has 0 aliphatic heterocycles. The van der Waals surface area contributed by atoms with E-state index in [0.717, 1.165) is 32.7 Å². The summed E-state index contributed by atoms with van der Waals surface area (Å²) in [6.45, 7) is 0. The minimum atomic E-state index is -0.654. The van der Waals surface area contributed by atoms with Crippen LogP contribution in [-0.2, 0) is 0 Å². The SMILES string of the molecule is [2H]c1c([2H])c([2H])c(-c2c([2H])c([2H])c3c(oc4c([2H])c(-c5c6ccccc6c(-c6ccccc6)c6ccccc56)c([2H])c([2H])c43)c2[2H])c([2H])c1[2H]. The molecule has 39 heavy (non-hydrogen) atoms. The van der Waals surface area contributed by atoms with Gasteiger partial charge in [0.15, 0.2) is 0 Å². The molecule has 0 saturated carbocycles. The quantitative estimate of drug-likeness (QED) is 0.217. The average molecular weight is 508 g/mol. The number of fused-ring (bicyclic) bond motifs is 5. The molecule has 0 atom stereocenters. The summed E-state index contributed by atoms with van der Waals surface area (Å²) >= 11 is 0. The molecular formula is C38H24O. The van der Waals surface area contributed by atoms with Gasteiger partial charge >= 0.3 is 0 Å². The Hall–Kier alpha value is -5.14. The first-order valence-corrected chi connectivity index (χ1v) is 12.5. The van der Waals surface area contributed by atoms with Crippen molar-refractivity contribution in [2.75, 3.05) is 0 Å². The van der Waals surface area contributed by atoms with Crippen molar-refractivity contribution < 1.29 is 19.5 Å². The molecule has 8 rings (SSSR count). The molecule has 1 heteroatoms. The van der Waals surface area contributed by atoms with Crippen molar-refractivity contribution in [3.05, 3.63) is 145 Å². The summed E-state index contributed by atoms with van der Waals surface area (Å²) in [6, 6.07) is 19.6. The van der Waals surface area contributed by atoms with Gasteiger partial charge in [0.2, 0.25) is 0 Å². The average Bonchev–Trinajstić information content (AvgIpc) is 3.54. The fourth-order valence-corrected chi connectivity index (χ4v) is 5.32. The molecule has 1 nitrogen and oxygen atoms in total. The molecule has 8 aromatic rings. The smallest absolute Gasteiger partial charge is 0.136 e. The molecule has 0 aliphatic rings. The summed E-state index contributed by atoms with van der Waals surface area (Å²) in [5.41, 5.74) is 1.41. The van der Waals surface area contributed by atoms with Gasteiger partial charge in [0.05, 0.1) is 15.1 Å². The van der Waals surface area contributed by atoms with E-state index >= 15 is 0 Å². The van der Waals surface area contributed by atoms with Gasteiger partial charge < -0.3 is 4.42 Å². The molecule has 1 aromatic heterocycles. The van der Waals surface area contributed by atoms with E-state index in [-0.39, 0.29) is 45.6 Å². The van der Waals surface area contributed by atoms with Crippen molar-refractivity contribution in [1.29, 1.82) is 0 Å². The normalized spacial score (nSPS) is 15.5. The lowest BCUT2D eigenvalue weighted by Crippen LogP contribution is -1.90. The molecule has 0 aliphatic carbocycles. The molecule has 0 fully saturated rings. The van der Waals surface area contributed by atoms with E-state index < -0.39 is 59.5 Å². The maximum Gasteiger partial charge on any atom is 0.136 e. The van der Waals surface area contributed by atoms with Gasteiger partial charge in [-0.25, -0.2) is 0 Å². The van der Waals surface area contributed by atoms with E-state index in [4.69, 9.17) is 15.4 Å². The summed E-state index contributed by atoms with van der Waals surface area (Å²) in [5, 5.41) is 3.06. The number of hydrogen-bond donors (Lipinski definition) is 0. The first-order valence-electron chi connectivity index (χ1n) is 18.0. The van der Waals surface area contributed by atoms with Crippen molar-refractivity contribution in [2.24, 2.45) is 0 Å². The maximum absolute atomic E-state index is 9.48. The van der Waals surface area contributed by atoms with Crippen LogP contribution in [0, 0.1) is 0 Å². The molecule has 1 heterocycles. The van der Waals surface area contributed by atoms with Crippen LogP contribution in [0.25, 0.3) is 76.9 Å².